The number of amides is 2. The second-order valence-corrected chi connectivity index (χ2v) is 10.7. The van der Waals surface area contributed by atoms with Gasteiger partial charge in [0, 0.05) is 31.1 Å². The lowest BCUT2D eigenvalue weighted by Crippen LogP contribution is -2.44. The number of benzene rings is 2. The van der Waals surface area contributed by atoms with Gasteiger partial charge in [-0.25, -0.2) is 4.98 Å². The van der Waals surface area contributed by atoms with E-state index < -0.39 is 6.04 Å². The molecule has 0 saturated carbocycles. The molecule has 0 spiro atoms. The maximum Gasteiger partial charge on any atom is 0.273 e. The van der Waals surface area contributed by atoms with E-state index in [4.69, 9.17) is 4.74 Å². The number of anilines is 1. The third-order valence-corrected chi connectivity index (χ3v) is 7.93. The molecule has 1 atom stereocenters. The summed E-state index contributed by atoms with van der Waals surface area (Å²) in [5, 5.41) is 5.14. The maximum absolute atomic E-state index is 13.7. The molecule has 1 saturated heterocycles. The highest BCUT2D eigenvalue weighted by molar-refractivity contribution is 7.14. The Labute approximate surface area is 221 Å². The van der Waals surface area contributed by atoms with Gasteiger partial charge in [-0.2, -0.15) is 0 Å². The van der Waals surface area contributed by atoms with E-state index in [0.29, 0.717) is 49.8 Å². The molecule has 1 aromatic heterocycles. The van der Waals surface area contributed by atoms with Crippen LogP contribution < -0.4 is 5.32 Å². The Bertz CT molecular complexity index is 1220. The molecular formula is C28H33N5O3S. The van der Waals surface area contributed by atoms with Gasteiger partial charge in [0.2, 0.25) is 5.91 Å². The van der Waals surface area contributed by atoms with Gasteiger partial charge in [-0.3, -0.25) is 14.5 Å². The minimum absolute atomic E-state index is 0.0777. The van der Waals surface area contributed by atoms with Crippen LogP contribution in [-0.4, -0.2) is 71.5 Å². The third-order valence-electron chi connectivity index (χ3n) is 7.17. The van der Waals surface area contributed by atoms with Crippen LogP contribution in [0.2, 0.25) is 0 Å². The molecular weight excluding hydrogens is 486 g/mol. The van der Waals surface area contributed by atoms with Gasteiger partial charge in [0.15, 0.2) is 5.13 Å². The second kappa shape index (κ2) is 11.5. The highest BCUT2D eigenvalue weighted by atomic mass is 32.1. The summed E-state index contributed by atoms with van der Waals surface area (Å²) in [5.74, 6) is -0.277. The van der Waals surface area contributed by atoms with Gasteiger partial charge < -0.3 is 19.9 Å². The number of hydrogen-bond donors (Lipinski definition) is 1. The molecule has 0 radical (unpaired) electrons. The van der Waals surface area contributed by atoms with E-state index in [1.54, 1.807) is 5.38 Å². The Morgan fingerprint density at radius 3 is 2.49 bits per heavy atom. The van der Waals surface area contributed by atoms with Crippen molar-refractivity contribution in [1.82, 2.24) is 19.7 Å². The van der Waals surface area contributed by atoms with Crippen molar-refractivity contribution in [3.05, 3.63) is 82.4 Å². The Morgan fingerprint density at radius 2 is 1.76 bits per heavy atom. The predicted octanol–water partition coefficient (Wildman–Crippen LogP) is 3.98. The van der Waals surface area contributed by atoms with Crippen LogP contribution in [-0.2, 0) is 22.7 Å². The van der Waals surface area contributed by atoms with Crippen LogP contribution in [0.1, 0.15) is 46.1 Å². The lowest BCUT2D eigenvalue weighted by atomic mass is 10.0. The summed E-state index contributed by atoms with van der Waals surface area (Å²) in [7, 11) is 4.16. The first-order valence-corrected chi connectivity index (χ1v) is 13.5. The molecule has 194 valence electrons. The van der Waals surface area contributed by atoms with Gasteiger partial charge in [-0.15, -0.1) is 11.3 Å². The van der Waals surface area contributed by atoms with Crippen molar-refractivity contribution >= 4 is 28.3 Å². The van der Waals surface area contributed by atoms with E-state index in [-0.39, 0.29) is 11.8 Å². The molecule has 8 nitrogen and oxygen atoms in total. The number of aromatic nitrogens is 1. The fraction of sp³-hybridized carbons (Fsp3) is 0.393. The lowest BCUT2D eigenvalue weighted by molar-refractivity contribution is -0.124. The normalized spacial score (nSPS) is 17.8. The number of nitrogens with zero attached hydrogens (tertiary/aromatic N) is 4. The topological polar surface area (TPSA) is 78.0 Å². The van der Waals surface area contributed by atoms with E-state index in [0.717, 1.165) is 29.5 Å². The summed E-state index contributed by atoms with van der Waals surface area (Å²) < 4.78 is 5.94. The summed E-state index contributed by atoms with van der Waals surface area (Å²) in [5.41, 5.74) is 3.54. The quantitative estimate of drug-likeness (QED) is 0.531. The molecule has 5 rings (SSSR count). The summed E-state index contributed by atoms with van der Waals surface area (Å²) in [6.45, 7) is 2.86. The Kier molecular flexibility index (Phi) is 7.95. The van der Waals surface area contributed by atoms with Crippen molar-refractivity contribution in [2.45, 2.75) is 38.1 Å². The second-order valence-electron chi connectivity index (χ2n) is 9.82. The largest absolute Gasteiger partial charge is 0.361 e. The smallest absolute Gasteiger partial charge is 0.273 e. The van der Waals surface area contributed by atoms with Crippen LogP contribution in [0.3, 0.4) is 0 Å². The molecule has 1 fully saturated rings. The molecule has 3 heterocycles. The Hall–Kier alpha value is -3.11. The van der Waals surface area contributed by atoms with Crippen molar-refractivity contribution in [1.29, 1.82) is 0 Å². The molecule has 0 unspecified atom stereocenters. The van der Waals surface area contributed by atoms with Crippen LogP contribution in [0.15, 0.2) is 60.0 Å². The average molecular weight is 520 g/mol. The minimum atomic E-state index is -0.569. The Morgan fingerprint density at radius 1 is 1.05 bits per heavy atom. The average Bonchev–Trinajstić information content (AvgIpc) is 3.27. The fourth-order valence-electron chi connectivity index (χ4n) is 5.07. The summed E-state index contributed by atoms with van der Waals surface area (Å²) in [6.07, 6.45) is 1.90. The van der Waals surface area contributed by atoms with Gasteiger partial charge in [0.25, 0.3) is 5.91 Å². The number of carbonyl (C=O) groups is 2. The molecule has 2 amide bonds. The molecule has 2 aromatic carbocycles. The fourth-order valence-corrected chi connectivity index (χ4v) is 5.76. The highest BCUT2D eigenvalue weighted by Gasteiger charge is 2.31. The first-order chi connectivity index (χ1) is 18.0. The summed E-state index contributed by atoms with van der Waals surface area (Å²) in [4.78, 5) is 37.3. The van der Waals surface area contributed by atoms with Crippen LogP contribution in [0.5, 0.6) is 0 Å². The van der Waals surface area contributed by atoms with Crippen molar-refractivity contribution in [3.63, 3.8) is 0 Å². The zero-order chi connectivity index (χ0) is 25.8. The van der Waals surface area contributed by atoms with Crippen LogP contribution >= 0.6 is 11.3 Å². The highest BCUT2D eigenvalue weighted by Crippen LogP contribution is 2.29. The van der Waals surface area contributed by atoms with Crippen molar-refractivity contribution in [3.8, 4) is 0 Å². The van der Waals surface area contributed by atoms with E-state index in [1.165, 1.54) is 11.3 Å². The number of hydrogen-bond acceptors (Lipinski definition) is 7. The number of carbonyl (C=O) groups excluding carboxylic acids is 2. The van der Waals surface area contributed by atoms with E-state index in [9.17, 15) is 9.59 Å². The van der Waals surface area contributed by atoms with Crippen molar-refractivity contribution in [2.75, 3.05) is 39.2 Å². The number of piperidine rings is 1. The molecule has 37 heavy (non-hydrogen) atoms. The first-order valence-electron chi connectivity index (χ1n) is 12.6. The number of thiazole rings is 1. The van der Waals surface area contributed by atoms with Gasteiger partial charge in [-0.05, 0) is 43.6 Å². The number of nitrogens with one attached hydrogen (secondary N) is 1. The molecule has 0 aliphatic carbocycles. The standard InChI is InChI=1S/C28H33N5O3S/c1-31(2)23-12-14-32(15-13-23)27(35)24-18-37-28(29-24)30-26(34)25(20-8-4-3-5-9-20)33-16-21-10-6-7-11-22(21)17-36-19-33/h3-11,18,23,25H,12-17,19H2,1-2H3,(H,29,30,34)/t25-/m1/s1. The number of likely N-dealkylation sites (tertiary alicyclic amines) is 1. The van der Waals surface area contributed by atoms with Crippen LogP contribution in [0.25, 0.3) is 0 Å². The summed E-state index contributed by atoms with van der Waals surface area (Å²) >= 11 is 1.28. The molecule has 1 N–H and O–H groups in total. The maximum atomic E-state index is 13.7. The van der Waals surface area contributed by atoms with Crippen molar-refractivity contribution in [2.24, 2.45) is 0 Å². The molecule has 2 aliphatic rings. The zero-order valence-electron chi connectivity index (χ0n) is 21.3. The summed E-state index contributed by atoms with van der Waals surface area (Å²) in [6, 6.07) is 17.8. The van der Waals surface area contributed by atoms with E-state index in [2.05, 4.69) is 41.4 Å². The van der Waals surface area contributed by atoms with Gasteiger partial charge in [0.1, 0.15) is 18.5 Å². The monoisotopic (exact) mass is 519 g/mol. The first kappa shape index (κ1) is 25.5. The molecule has 0 bridgehead atoms. The molecule has 2 aliphatic heterocycles. The number of fused-ring (bicyclic) bond motifs is 1. The van der Waals surface area contributed by atoms with Gasteiger partial charge in [0.05, 0.1) is 6.61 Å². The third kappa shape index (κ3) is 5.91. The predicted molar refractivity (Wildman–Crippen MR) is 144 cm³/mol. The minimum Gasteiger partial charge on any atom is -0.361 e. The van der Waals surface area contributed by atoms with E-state index >= 15 is 0 Å². The number of ether oxygens (including phenoxy) is 1. The van der Waals surface area contributed by atoms with Crippen molar-refractivity contribution < 1.29 is 14.3 Å². The van der Waals surface area contributed by atoms with Gasteiger partial charge in [-0.1, -0.05) is 54.6 Å². The number of rotatable bonds is 6. The Balaban J connectivity index is 1.31. The van der Waals surface area contributed by atoms with Crippen LogP contribution in [0, 0.1) is 0 Å². The molecule has 9 heteroatoms. The molecule has 3 aromatic rings. The van der Waals surface area contributed by atoms with E-state index in [1.807, 2.05) is 52.3 Å². The SMILES string of the molecule is CN(C)C1CCN(C(=O)c2csc(NC(=O)[C@@H](c3ccccc3)N3COCc4ccccc4C3)n2)CC1. The van der Waals surface area contributed by atoms with Gasteiger partial charge >= 0.3 is 0 Å². The lowest BCUT2D eigenvalue weighted by Gasteiger charge is -2.34. The zero-order valence-corrected chi connectivity index (χ0v) is 22.1. The van der Waals surface area contributed by atoms with Crippen LogP contribution in [0.4, 0.5) is 5.13 Å².